The standard InChI is InChI=1S/C20H28N8.HI/c1-16(18-9-5-4-6-10-18)24-20(21-11-7-13-28-14-8-12-23-28)22-15-19-26-25-17(2)27(19)3;/h4-6,8-10,12,14,16H,7,11,13,15H2,1-3H3,(H2,21,22,24);1H. The van der Waals surface area contributed by atoms with Crippen molar-refractivity contribution in [2.75, 3.05) is 6.54 Å². The summed E-state index contributed by atoms with van der Waals surface area (Å²) in [6, 6.07) is 12.4. The normalized spacial score (nSPS) is 12.3. The molecule has 0 aliphatic heterocycles. The highest BCUT2D eigenvalue weighted by molar-refractivity contribution is 14.0. The molecule has 3 rings (SSSR count). The Hall–Kier alpha value is -2.43. The van der Waals surface area contributed by atoms with Gasteiger partial charge in [-0.3, -0.25) is 4.68 Å². The van der Waals surface area contributed by atoms with Crippen molar-refractivity contribution in [2.45, 2.75) is 39.4 Å². The first kappa shape index (κ1) is 22.9. The lowest BCUT2D eigenvalue weighted by atomic mass is 10.1. The van der Waals surface area contributed by atoms with E-state index in [9.17, 15) is 0 Å². The molecule has 0 spiro atoms. The molecule has 29 heavy (non-hydrogen) atoms. The SMILES string of the molecule is Cc1nnc(CN=C(NCCCn2cccn2)NC(C)c2ccccc2)n1C.I. The average molecular weight is 508 g/mol. The van der Waals surface area contributed by atoms with Gasteiger partial charge in [0.1, 0.15) is 12.4 Å². The number of halogens is 1. The highest BCUT2D eigenvalue weighted by atomic mass is 127. The lowest BCUT2D eigenvalue weighted by Gasteiger charge is -2.19. The number of nitrogens with zero attached hydrogens (tertiary/aromatic N) is 6. The van der Waals surface area contributed by atoms with E-state index < -0.39 is 0 Å². The quantitative estimate of drug-likeness (QED) is 0.212. The van der Waals surface area contributed by atoms with Crippen molar-refractivity contribution >= 4 is 29.9 Å². The lowest BCUT2D eigenvalue weighted by molar-refractivity contribution is 0.566. The molecule has 0 amide bonds. The van der Waals surface area contributed by atoms with Crippen LogP contribution in [0, 0.1) is 6.92 Å². The zero-order chi connectivity index (χ0) is 19.8. The third kappa shape index (κ3) is 6.84. The number of nitrogens with one attached hydrogen (secondary N) is 2. The number of guanidine groups is 1. The van der Waals surface area contributed by atoms with E-state index in [1.54, 1.807) is 6.20 Å². The number of rotatable bonds is 8. The van der Waals surface area contributed by atoms with E-state index in [2.05, 4.69) is 45.0 Å². The van der Waals surface area contributed by atoms with Gasteiger partial charge in [0.25, 0.3) is 0 Å². The summed E-state index contributed by atoms with van der Waals surface area (Å²) in [5, 5.41) is 19.4. The second-order valence-corrected chi connectivity index (χ2v) is 6.71. The summed E-state index contributed by atoms with van der Waals surface area (Å²) >= 11 is 0. The Morgan fingerprint density at radius 2 is 1.97 bits per heavy atom. The Bertz CT molecular complexity index is 873. The first-order valence-electron chi connectivity index (χ1n) is 9.55. The molecule has 0 aliphatic rings. The molecule has 2 N–H and O–H groups in total. The van der Waals surface area contributed by atoms with Gasteiger partial charge in [0.05, 0.1) is 6.04 Å². The Morgan fingerprint density at radius 1 is 1.17 bits per heavy atom. The van der Waals surface area contributed by atoms with Crippen LogP contribution in [0.3, 0.4) is 0 Å². The molecule has 1 atom stereocenters. The van der Waals surface area contributed by atoms with Gasteiger partial charge in [0.15, 0.2) is 11.8 Å². The van der Waals surface area contributed by atoms with E-state index >= 15 is 0 Å². The summed E-state index contributed by atoms with van der Waals surface area (Å²) in [6.45, 7) is 6.19. The molecule has 0 saturated heterocycles. The molecule has 9 heteroatoms. The van der Waals surface area contributed by atoms with Crippen LogP contribution in [0.1, 0.15) is 36.6 Å². The molecule has 0 radical (unpaired) electrons. The summed E-state index contributed by atoms with van der Waals surface area (Å²) in [6.07, 6.45) is 4.72. The molecule has 1 aromatic carbocycles. The Kier molecular flexibility index (Phi) is 9.10. The number of aryl methyl sites for hydroxylation is 2. The average Bonchev–Trinajstić information content (AvgIpc) is 3.34. The second-order valence-electron chi connectivity index (χ2n) is 6.71. The van der Waals surface area contributed by atoms with Crippen LogP contribution < -0.4 is 10.6 Å². The van der Waals surface area contributed by atoms with Crippen molar-refractivity contribution in [3.63, 3.8) is 0 Å². The fourth-order valence-corrected chi connectivity index (χ4v) is 2.80. The van der Waals surface area contributed by atoms with Crippen molar-refractivity contribution in [3.8, 4) is 0 Å². The van der Waals surface area contributed by atoms with E-state index in [0.717, 1.165) is 37.1 Å². The Balaban J connectivity index is 0.00000300. The van der Waals surface area contributed by atoms with Gasteiger partial charge in [-0.05, 0) is 31.9 Å². The van der Waals surface area contributed by atoms with E-state index in [0.29, 0.717) is 6.54 Å². The number of aromatic nitrogens is 5. The molecule has 1 unspecified atom stereocenters. The fraction of sp³-hybridized carbons (Fsp3) is 0.400. The predicted octanol–water partition coefficient (Wildman–Crippen LogP) is 2.82. The van der Waals surface area contributed by atoms with Gasteiger partial charge < -0.3 is 15.2 Å². The van der Waals surface area contributed by atoms with Crippen molar-refractivity contribution in [1.82, 2.24) is 35.2 Å². The molecule has 0 saturated carbocycles. The number of aliphatic imine (C=N–C) groups is 1. The second kappa shape index (κ2) is 11.5. The Labute approximate surface area is 188 Å². The van der Waals surface area contributed by atoms with Gasteiger partial charge >= 0.3 is 0 Å². The minimum absolute atomic E-state index is 0. The predicted molar refractivity (Wildman–Crippen MR) is 125 cm³/mol. The van der Waals surface area contributed by atoms with E-state index in [-0.39, 0.29) is 30.0 Å². The van der Waals surface area contributed by atoms with E-state index in [1.807, 2.05) is 53.7 Å². The lowest BCUT2D eigenvalue weighted by Crippen LogP contribution is -2.39. The maximum Gasteiger partial charge on any atom is 0.192 e. The molecule has 0 fully saturated rings. The molecule has 8 nitrogen and oxygen atoms in total. The van der Waals surface area contributed by atoms with E-state index in [4.69, 9.17) is 4.99 Å². The van der Waals surface area contributed by atoms with E-state index in [1.165, 1.54) is 5.56 Å². The van der Waals surface area contributed by atoms with Gasteiger partial charge in [0, 0.05) is 32.5 Å². The van der Waals surface area contributed by atoms with Crippen molar-refractivity contribution in [1.29, 1.82) is 0 Å². The monoisotopic (exact) mass is 508 g/mol. The summed E-state index contributed by atoms with van der Waals surface area (Å²) in [5.74, 6) is 2.48. The van der Waals surface area contributed by atoms with Gasteiger partial charge in [-0.1, -0.05) is 30.3 Å². The topological polar surface area (TPSA) is 85.0 Å². The molecule has 3 aromatic rings. The van der Waals surface area contributed by atoms with Crippen molar-refractivity contribution in [3.05, 3.63) is 66.0 Å². The first-order valence-corrected chi connectivity index (χ1v) is 9.55. The summed E-state index contributed by atoms with van der Waals surface area (Å²) in [7, 11) is 1.96. The minimum atomic E-state index is 0. The maximum absolute atomic E-state index is 4.72. The number of hydrogen-bond acceptors (Lipinski definition) is 4. The summed E-state index contributed by atoms with van der Waals surface area (Å²) in [4.78, 5) is 4.72. The Morgan fingerprint density at radius 3 is 2.62 bits per heavy atom. The van der Waals surface area contributed by atoms with Gasteiger partial charge in [-0.15, -0.1) is 34.2 Å². The molecule has 2 aromatic heterocycles. The van der Waals surface area contributed by atoms with Crippen LogP contribution in [0.5, 0.6) is 0 Å². The molecule has 0 bridgehead atoms. The molecular weight excluding hydrogens is 479 g/mol. The van der Waals surface area contributed by atoms with Crippen LogP contribution in [0.4, 0.5) is 0 Å². The third-order valence-electron chi connectivity index (χ3n) is 4.63. The first-order chi connectivity index (χ1) is 13.6. The van der Waals surface area contributed by atoms with Gasteiger partial charge in [-0.25, -0.2) is 4.99 Å². The smallest absolute Gasteiger partial charge is 0.192 e. The van der Waals surface area contributed by atoms with Crippen LogP contribution in [0.2, 0.25) is 0 Å². The van der Waals surface area contributed by atoms with Gasteiger partial charge in [-0.2, -0.15) is 5.10 Å². The van der Waals surface area contributed by atoms with Crippen LogP contribution in [-0.4, -0.2) is 37.0 Å². The highest BCUT2D eigenvalue weighted by Gasteiger charge is 2.09. The number of benzene rings is 1. The highest BCUT2D eigenvalue weighted by Crippen LogP contribution is 2.11. The molecular formula is C20H29IN8. The van der Waals surface area contributed by atoms with Crippen LogP contribution >= 0.6 is 24.0 Å². The minimum Gasteiger partial charge on any atom is -0.356 e. The zero-order valence-electron chi connectivity index (χ0n) is 17.1. The number of hydrogen-bond donors (Lipinski definition) is 2. The third-order valence-corrected chi connectivity index (χ3v) is 4.63. The van der Waals surface area contributed by atoms with Crippen LogP contribution in [0.15, 0.2) is 53.8 Å². The van der Waals surface area contributed by atoms with Crippen molar-refractivity contribution in [2.24, 2.45) is 12.0 Å². The van der Waals surface area contributed by atoms with Crippen molar-refractivity contribution < 1.29 is 0 Å². The summed E-state index contributed by atoms with van der Waals surface area (Å²) in [5.41, 5.74) is 1.21. The van der Waals surface area contributed by atoms with Crippen LogP contribution in [0.25, 0.3) is 0 Å². The largest absolute Gasteiger partial charge is 0.356 e. The maximum atomic E-state index is 4.72. The molecule has 2 heterocycles. The van der Waals surface area contributed by atoms with Crippen LogP contribution in [-0.2, 0) is 20.1 Å². The molecule has 0 aliphatic carbocycles. The zero-order valence-corrected chi connectivity index (χ0v) is 19.4. The fourth-order valence-electron chi connectivity index (χ4n) is 2.80. The summed E-state index contributed by atoms with van der Waals surface area (Å²) < 4.78 is 3.89. The molecule has 156 valence electrons. The van der Waals surface area contributed by atoms with Gasteiger partial charge in [0.2, 0.25) is 0 Å².